The molecule has 0 saturated carbocycles. The fourth-order valence-electron chi connectivity index (χ4n) is 1.67. The van der Waals surface area contributed by atoms with Crippen molar-refractivity contribution in [1.29, 1.82) is 0 Å². The number of hydrogen-bond donors (Lipinski definition) is 1. The summed E-state index contributed by atoms with van der Waals surface area (Å²) in [6.45, 7) is 1.29. The normalized spacial score (nSPS) is 12.4. The molecule has 2 heterocycles. The molecule has 0 saturated heterocycles. The highest BCUT2D eigenvalue weighted by Crippen LogP contribution is 2.32. The van der Waals surface area contributed by atoms with Crippen LogP contribution in [0, 0.1) is 0 Å². The number of nitrogens with zero attached hydrogens (tertiary/aromatic N) is 2. The lowest BCUT2D eigenvalue weighted by Crippen LogP contribution is -2.30. The van der Waals surface area contributed by atoms with Gasteiger partial charge in [-0.1, -0.05) is 11.6 Å². The third-order valence-corrected chi connectivity index (χ3v) is 3.25. The summed E-state index contributed by atoms with van der Waals surface area (Å²) in [5.41, 5.74) is -0.903. The number of carbonyl (C=O) groups excluding carboxylic acids is 2. The molecule has 1 unspecified atom stereocenters. The van der Waals surface area contributed by atoms with Crippen LogP contribution in [0.15, 0.2) is 36.8 Å². The molecule has 2 aromatic rings. The number of rotatable bonds is 4. The van der Waals surface area contributed by atoms with Crippen LogP contribution in [0.5, 0.6) is 0 Å². The van der Waals surface area contributed by atoms with Crippen LogP contribution in [0.1, 0.15) is 22.8 Å². The van der Waals surface area contributed by atoms with Crippen molar-refractivity contribution >= 4 is 29.3 Å². The van der Waals surface area contributed by atoms with E-state index in [1.54, 1.807) is 0 Å². The molecule has 0 aromatic carbocycles. The van der Waals surface area contributed by atoms with E-state index in [1.807, 2.05) is 0 Å². The fraction of sp³-hybridized carbons (Fsp3) is 0.200. The van der Waals surface area contributed by atoms with Gasteiger partial charge in [0.15, 0.2) is 11.9 Å². The largest absolute Gasteiger partial charge is 0.449 e. The topological polar surface area (TPSA) is 81.2 Å². The Kier molecular flexibility index (Phi) is 5.58. The van der Waals surface area contributed by atoms with Gasteiger partial charge >= 0.3 is 12.1 Å². The van der Waals surface area contributed by atoms with Gasteiger partial charge in [-0.3, -0.25) is 9.78 Å². The molecule has 1 N–H and O–H groups in total. The number of nitrogens with one attached hydrogen (secondary N) is 1. The van der Waals surface area contributed by atoms with Crippen LogP contribution >= 0.6 is 11.6 Å². The van der Waals surface area contributed by atoms with E-state index >= 15 is 0 Å². The number of alkyl halides is 3. The number of halogens is 4. The minimum absolute atomic E-state index is 0.146. The first kappa shape index (κ1) is 18.7. The smallest absolute Gasteiger partial charge is 0.417 e. The second kappa shape index (κ2) is 7.47. The Bertz CT molecular complexity index is 785. The van der Waals surface area contributed by atoms with Crippen molar-refractivity contribution < 1.29 is 27.5 Å². The van der Waals surface area contributed by atoms with Gasteiger partial charge in [-0.2, -0.15) is 13.2 Å². The van der Waals surface area contributed by atoms with Gasteiger partial charge in [0.05, 0.1) is 16.1 Å². The first-order valence-corrected chi connectivity index (χ1v) is 7.21. The molecule has 0 aliphatic carbocycles. The van der Waals surface area contributed by atoms with Crippen molar-refractivity contribution in [3.05, 3.63) is 52.9 Å². The second-order valence-electron chi connectivity index (χ2n) is 4.83. The van der Waals surface area contributed by atoms with E-state index in [2.05, 4.69) is 15.3 Å². The van der Waals surface area contributed by atoms with Crippen molar-refractivity contribution in [2.75, 3.05) is 5.32 Å². The predicted octanol–water partition coefficient (Wildman–Crippen LogP) is 3.33. The van der Waals surface area contributed by atoms with Crippen LogP contribution in [0.3, 0.4) is 0 Å². The molecule has 10 heteroatoms. The third-order valence-electron chi connectivity index (χ3n) is 2.96. The SMILES string of the molecule is CC(OC(=O)c1cccnc1)C(=O)Nc1ncc(C(F)(F)F)cc1Cl. The van der Waals surface area contributed by atoms with Gasteiger partial charge in [-0.05, 0) is 25.1 Å². The quantitative estimate of drug-likeness (QED) is 0.831. The molecule has 132 valence electrons. The van der Waals surface area contributed by atoms with Crippen molar-refractivity contribution in [2.45, 2.75) is 19.2 Å². The number of amides is 1. The number of hydrogen-bond acceptors (Lipinski definition) is 5. The van der Waals surface area contributed by atoms with E-state index in [1.165, 1.54) is 31.5 Å². The summed E-state index contributed by atoms with van der Waals surface area (Å²) >= 11 is 5.69. The standard InChI is InChI=1S/C15H11ClF3N3O3/c1-8(25-14(24)9-3-2-4-20-6-9)13(23)22-12-11(16)5-10(7-21-12)15(17,18)19/h2-8H,1H3,(H,21,22,23). The average molecular weight is 374 g/mol. The molecule has 1 amide bonds. The summed E-state index contributed by atoms with van der Waals surface area (Å²) in [6, 6.07) is 3.61. The number of esters is 1. The van der Waals surface area contributed by atoms with Crippen LogP contribution in [0.2, 0.25) is 5.02 Å². The molecular weight excluding hydrogens is 363 g/mol. The van der Waals surface area contributed by atoms with Crippen LogP contribution in [0.25, 0.3) is 0 Å². The number of pyridine rings is 2. The van der Waals surface area contributed by atoms with E-state index in [4.69, 9.17) is 16.3 Å². The molecule has 2 aromatic heterocycles. The molecular formula is C15H11ClF3N3O3. The molecule has 0 aliphatic heterocycles. The van der Waals surface area contributed by atoms with Gasteiger partial charge in [0.2, 0.25) is 0 Å². The lowest BCUT2D eigenvalue weighted by atomic mass is 10.2. The van der Waals surface area contributed by atoms with Crippen LogP contribution in [0.4, 0.5) is 19.0 Å². The van der Waals surface area contributed by atoms with Gasteiger partial charge in [-0.15, -0.1) is 0 Å². The molecule has 1 atom stereocenters. The molecule has 2 rings (SSSR count). The van der Waals surface area contributed by atoms with E-state index < -0.39 is 34.7 Å². The lowest BCUT2D eigenvalue weighted by molar-refractivity contribution is -0.137. The fourth-order valence-corrected chi connectivity index (χ4v) is 1.88. The maximum absolute atomic E-state index is 12.5. The summed E-state index contributed by atoms with van der Waals surface area (Å²) in [7, 11) is 0. The van der Waals surface area contributed by atoms with Gasteiger partial charge in [0.25, 0.3) is 5.91 Å². The molecule has 0 fully saturated rings. The minimum Gasteiger partial charge on any atom is -0.449 e. The summed E-state index contributed by atoms with van der Waals surface area (Å²) in [4.78, 5) is 31.0. The molecule has 0 bridgehead atoms. The zero-order valence-electron chi connectivity index (χ0n) is 12.7. The molecule has 0 aliphatic rings. The van der Waals surface area contributed by atoms with Crippen molar-refractivity contribution in [3.8, 4) is 0 Å². The maximum Gasteiger partial charge on any atom is 0.417 e. The Morgan fingerprint density at radius 3 is 2.60 bits per heavy atom. The van der Waals surface area contributed by atoms with E-state index in [-0.39, 0.29) is 11.4 Å². The first-order chi connectivity index (χ1) is 11.7. The Morgan fingerprint density at radius 2 is 2.04 bits per heavy atom. The highest BCUT2D eigenvalue weighted by Gasteiger charge is 2.32. The number of aromatic nitrogens is 2. The van der Waals surface area contributed by atoms with Crippen LogP contribution < -0.4 is 5.32 Å². The Hall–Kier alpha value is -2.68. The number of carbonyl (C=O) groups is 2. The van der Waals surface area contributed by atoms with Gasteiger partial charge in [-0.25, -0.2) is 9.78 Å². The van der Waals surface area contributed by atoms with Crippen LogP contribution in [-0.2, 0) is 15.7 Å². The van der Waals surface area contributed by atoms with Gasteiger partial charge < -0.3 is 10.1 Å². The second-order valence-corrected chi connectivity index (χ2v) is 5.24. The Morgan fingerprint density at radius 1 is 1.32 bits per heavy atom. The first-order valence-electron chi connectivity index (χ1n) is 6.83. The van der Waals surface area contributed by atoms with E-state index in [0.29, 0.717) is 12.3 Å². The highest BCUT2D eigenvalue weighted by molar-refractivity contribution is 6.33. The van der Waals surface area contributed by atoms with Gasteiger partial charge in [0, 0.05) is 18.6 Å². The molecule has 25 heavy (non-hydrogen) atoms. The van der Waals surface area contributed by atoms with Crippen molar-refractivity contribution in [1.82, 2.24) is 9.97 Å². The van der Waals surface area contributed by atoms with Crippen molar-refractivity contribution in [3.63, 3.8) is 0 Å². The third kappa shape index (κ3) is 4.90. The number of ether oxygens (including phenoxy) is 1. The predicted molar refractivity (Wildman–Crippen MR) is 82.0 cm³/mol. The van der Waals surface area contributed by atoms with Crippen LogP contribution in [-0.4, -0.2) is 27.9 Å². The summed E-state index contributed by atoms with van der Waals surface area (Å²) in [5.74, 6) is -1.85. The summed E-state index contributed by atoms with van der Waals surface area (Å²) in [6.07, 6.45) is -2.57. The zero-order valence-corrected chi connectivity index (χ0v) is 13.4. The summed E-state index contributed by atoms with van der Waals surface area (Å²) < 4.78 is 42.6. The van der Waals surface area contributed by atoms with E-state index in [9.17, 15) is 22.8 Å². The van der Waals surface area contributed by atoms with Gasteiger partial charge in [0.1, 0.15) is 0 Å². The monoisotopic (exact) mass is 373 g/mol. The Labute approximate surface area is 145 Å². The molecule has 6 nitrogen and oxygen atoms in total. The Balaban J connectivity index is 2.03. The van der Waals surface area contributed by atoms with Crippen molar-refractivity contribution in [2.24, 2.45) is 0 Å². The number of anilines is 1. The maximum atomic E-state index is 12.5. The zero-order chi connectivity index (χ0) is 18.6. The molecule has 0 spiro atoms. The minimum atomic E-state index is -4.61. The lowest BCUT2D eigenvalue weighted by Gasteiger charge is -2.14. The summed E-state index contributed by atoms with van der Waals surface area (Å²) in [5, 5.41) is 1.81. The average Bonchev–Trinajstić information content (AvgIpc) is 2.56. The van der Waals surface area contributed by atoms with E-state index in [0.717, 1.165) is 0 Å². The highest BCUT2D eigenvalue weighted by atomic mass is 35.5. The molecule has 0 radical (unpaired) electrons.